The Kier molecular flexibility index (Phi) is 1.88. The van der Waals surface area contributed by atoms with Crippen LogP contribution in [0, 0.1) is 0 Å². The summed E-state index contributed by atoms with van der Waals surface area (Å²) in [4.78, 5) is 0. The molecule has 0 radical (unpaired) electrons. The van der Waals surface area contributed by atoms with Crippen molar-refractivity contribution in [3.05, 3.63) is 34.9 Å². The molecule has 64 valence electrons. The number of rotatable bonds is 2. The van der Waals surface area contributed by atoms with E-state index in [1.54, 1.807) is 0 Å². The SMILES string of the molecule is CCC1(c2ccc(Cl)cc2)CC1. The van der Waals surface area contributed by atoms with Crippen LogP contribution >= 0.6 is 11.6 Å². The minimum Gasteiger partial charge on any atom is -0.0843 e. The van der Waals surface area contributed by atoms with E-state index in [-0.39, 0.29) is 0 Å². The van der Waals surface area contributed by atoms with Crippen LogP contribution in [0.25, 0.3) is 0 Å². The number of benzene rings is 1. The molecule has 1 aromatic rings. The Balaban J connectivity index is 2.29. The van der Waals surface area contributed by atoms with Crippen LogP contribution in [0.1, 0.15) is 31.7 Å². The van der Waals surface area contributed by atoms with E-state index in [0.717, 1.165) is 5.02 Å². The molecule has 0 saturated heterocycles. The molecule has 0 amide bonds. The van der Waals surface area contributed by atoms with Crippen LogP contribution in [-0.4, -0.2) is 0 Å². The van der Waals surface area contributed by atoms with E-state index in [1.165, 1.54) is 24.8 Å². The van der Waals surface area contributed by atoms with Crippen LogP contribution in [-0.2, 0) is 5.41 Å². The van der Waals surface area contributed by atoms with Crippen LogP contribution in [0.3, 0.4) is 0 Å². The number of hydrogen-bond acceptors (Lipinski definition) is 0. The maximum absolute atomic E-state index is 5.83. The summed E-state index contributed by atoms with van der Waals surface area (Å²) in [5.41, 5.74) is 1.99. The Bertz CT molecular complexity index is 270. The normalized spacial score (nSPS) is 19.2. The predicted octanol–water partition coefficient (Wildman–Crippen LogP) is 3.78. The van der Waals surface area contributed by atoms with Gasteiger partial charge in [-0.3, -0.25) is 0 Å². The van der Waals surface area contributed by atoms with Gasteiger partial charge in [0.25, 0.3) is 0 Å². The summed E-state index contributed by atoms with van der Waals surface area (Å²) in [7, 11) is 0. The molecule has 0 aliphatic heterocycles. The quantitative estimate of drug-likeness (QED) is 0.650. The fraction of sp³-hybridized carbons (Fsp3) is 0.455. The summed E-state index contributed by atoms with van der Waals surface area (Å²) < 4.78 is 0. The van der Waals surface area contributed by atoms with Crippen molar-refractivity contribution in [1.82, 2.24) is 0 Å². The van der Waals surface area contributed by atoms with Crippen molar-refractivity contribution in [3.63, 3.8) is 0 Å². The monoisotopic (exact) mass is 180 g/mol. The van der Waals surface area contributed by atoms with Crippen LogP contribution in [0.4, 0.5) is 0 Å². The molecule has 2 rings (SSSR count). The average Bonchev–Trinajstić information content (AvgIpc) is 2.86. The van der Waals surface area contributed by atoms with E-state index in [0.29, 0.717) is 5.41 Å². The highest BCUT2D eigenvalue weighted by Crippen LogP contribution is 2.50. The van der Waals surface area contributed by atoms with Crippen LogP contribution in [0.5, 0.6) is 0 Å². The lowest BCUT2D eigenvalue weighted by molar-refractivity contribution is 0.664. The third-order valence-electron chi connectivity index (χ3n) is 2.99. The molecule has 0 nitrogen and oxygen atoms in total. The zero-order chi connectivity index (χ0) is 8.60. The van der Waals surface area contributed by atoms with Crippen molar-refractivity contribution in [1.29, 1.82) is 0 Å². The lowest BCUT2D eigenvalue weighted by Gasteiger charge is -2.12. The molecule has 0 aromatic heterocycles. The van der Waals surface area contributed by atoms with E-state index in [4.69, 9.17) is 11.6 Å². The van der Waals surface area contributed by atoms with Gasteiger partial charge in [-0.25, -0.2) is 0 Å². The van der Waals surface area contributed by atoms with E-state index in [9.17, 15) is 0 Å². The maximum atomic E-state index is 5.83. The van der Waals surface area contributed by atoms with Gasteiger partial charge in [-0.15, -0.1) is 0 Å². The first-order chi connectivity index (χ1) is 5.77. The van der Waals surface area contributed by atoms with E-state index in [1.807, 2.05) is 12.1 Å². The summed E-state index contributed by atoms with van der Waals surface area (Å²) in [5.74, 6) is 0. The largest absolute Gasteiger partial charge is 0.0843 e. The predicted molar refractivity (Wildman–Crippen MR) is 52.7 cm³/mol. The minimum absolute atomic E-state index is 0.518. The second-order valence-corrected chi connectivity index (χ2v) is 4.08. The van der Waals surface area contributed by atoms with Crippen molar-refractivity contribution in [2.75, 3.05) is 0 Å². The molecule has 1 fully saturated rings. The van der Waals surface area contributed by atoms with Gasteiger partial charge in [0.1, 0.15) is 0 Å². The lowest BCUT2D eigenvalue weighted by Crippen LogP contribution is -2.03. The molecule has 1 aromatic carbocycles. The van der Waals surface area contributed by atoms with Crippen LogP contribution in [0.15, 0.2) is 24.3 Å². The molecule has 0 N–H and O–H groups in total. The second-order valence-electron chi connectivity index (χ2n) is 3.64. The van der Waals surface area contributed by atoms with Gasteiger partial charge in [-0.2, -0.15) is 0 Å². The van der Waals surface area contributed by atoms with Crippen LogP contribution in [0.2, 0.25) is 5.02 Å². The number of halogens is 1. The third-order valence-corrected chi connectivity index (χ3v) is 3.24. The zero-order valence-corrected chi connectivity index (χ0v) is 8.06. The highest BCUT2D eigenvalue weighted by molar-refractivity contribution is 6.30. The second kappa shape index (κ2) is 2.77. The molecular weight excluding hydrogens is 168 g/mol. The molecular formula is C11H13Cl. The Morgan fingerprint density at radius 1 is 1.25 bits per heavy atom. The Labute approximate surface area is 78.6 Å². The maximum Gasteiger partial charge on any atom is 0.0406 e. The number of hydrogen-bond donors (Lipinski definition) is 0. The van der Waals surface area contributed by atoms with Gasteiger partial charge in [0.2, 0.25) is 0 Å². The first kappa shape index (κ1) is 8.12. The first-order valence-electron chi connectivity index (χ1n) is 4.53. The fourth-order valence-electron chi connectivity index (χ4n) is 1.80. The van der Waals surface area contributed by atoms with Crippen molar-refractivity contribution in [2.45, 2.75) is 31.6 Å². The molecule has 0 bridgehead atoms. The third kappa shape index (κ3) is 1.25. The first-order valence-corrected chi connectivity index (χ1v) is 4.91. The summed E-state index contributed by atoms with van der Waals surface area (Å²) in [6, 6.07) is 8.32. The topological polar surface area (TPSA) is 0 Å². The molecule has 1 heteroatoms. The molecule has 0 spiro atoms. The Hall–Kier alpha value is -0.490. The smallest absolute Gasteiger partial charge is 0.0406 e. The molecule has 1 aliphatic rings. The van der Waals surface area contributed by atoms with Gasteiger partial charge in [0.15, 0.2) is 0 Å². The summed E-state index contributed by atoms with van der Waals surface area (Å²) >= 11 is 5.83. The highest BCUT2D eigenvalue weighted by Gasteiger charge is 2.41. The van der Waals surface area contributed by atoms with Crippen molar-refractivity contribution < 1.29 is 0 Å². The zero-order valence-electron chi connectivity index (χ0n) is 7.31. The van der Waals surface area contributed by atoms with E-state index in [2.05, 4.69) is 19.1 Å². The summed E-state index contributed by atoms with van der Waals surface area (Å²) in [6.07, 6.45) is 3.96. The van der Waals surface area contributed by atoms with E-state index < -0.39 is 0 Å². The van der Waals surface area contributed by atoms with Gasteiger partial charge in [-0.1, -0.05) is 30.7 Å². The van der Waals surface area contributed by atoms with Gasteiger partial charge in [-0.05, 0) is 42.4 Å². The van der Waals surface area contributed by atoms with Gasteiger partial charge >= 0.3 is 0 Å². The Morgan fingerprint density at radius 2 is 1.83 bits per heavy atom. The minimum atomic E-state index is 0.518. The molecule has 1 aliphatic carbocycles. The van der Waals surface area contributed by atoms with Gasteiger partial charge in [0.05, 0.1) is 0 Å². The average molecular weight is 181 g/mol. The summed E-state index contributed by atoms with van der Waals surface area (Å²) in [5, 5.41) is 0.839. The van der Waals surface area contributed by atoms with Crippen molar-refractivity contribution >= 4 is 11.6 Å². The van der Waals surface area contributed by atoms with Crippen molar-refractivity contribution in [3.8, 4) is 0 Å². The Morgan fingerprint density at radius 3 is 2.25 bits per heavy atom. The van der Waals surface area contributed by atoms with Crippen LogP contribution < -0.4 is 0 Å². The summed E-state index contributed by atoms with van der Waals surface area (Å²) in [6.45, 7) is 2.27. The lowest BCUT2D eigenvalue weighted by atomic mass is 9.93. The van der Waals surface area contributed by atoms with Crippen molar-refractivity contribution in [2.24, 2.45) is 0 Å². The molecule has 1 saturated carbocycles. The molecule has 0 atom stereocenters. The molecule has 0 heterocycles. The van der Waals surface area contributed by atoms with Gasteiger partial charge < -0.3 is 0 Å². The molecule has 0 unspecified atom stereocenters. The van der Waals surface area contributed by atoms with E-state index >= 15 is 0 Å². The molecule has 12 heavy (non-hydrogen) atoms. The fourth-order valence-corrected chi connectivity index (χ4v) is 1.93. The van der Waals surface area contributed by atoms with Gasteiger partial charge in [0, 0.05) is 5.02 Å². The standard InChI is InChI=1S/C11H13Cl/c1-2-11(7-8-11)9-3-5-10(12)6-4-9/h3-6H,2,7-8H2,1H3. The highest BCUT2D eigenvalue weighted by atomic mass is 35.5.